The van der Waals surface area contributed by atoms with Crippen LogP contribution in [0.3, 0.4) is 0 Å². The molecule has 1 aromatic carbocycles. The monoisotopic (exact) mass is 201 g/mol. The Hall–Kier alpha value is -1.97. The zero-order chi connectivity index (χ0) is 10.8. The molecule has 0 aliphatic carbocycles. The van der Waals surface area contributed by atoms with Crippen LogP contribution in [0, 0.1) is 13.8 Å². The first-order chi connectivity index (χ1) is 7.20. The van der Waals surface area contributed by atoms with E-state index in [0.29, 0.717) is 12.0 Å². The highest BCUT2D eigenvalue weighted by Gasteiger charge is 2.04. The second kappa shape index (κ2) is 3.65. The van der Waals surface area contributed by atoms with E-state index in [1.54, 1.807) is 10.9 Å². The van der Waals surface area contributed by atoms with E-state index in [9.17, 15) is 4.79 Å². The van der Waals surface area contributed by atoms with Crippen LogP contribution in [0.4, 0.5) is 0 Å². The maximum absolute atomic E-state index is 10.5. The van der Waals surface area contributed by atoms with Crippen LogP contribution in [0.1, 0.15) is 21.6 Å². The normalized spacial score (nSPS) is 10.3. The topological polar surface area (TPSA) is 47.8 Å². The Morgan fingerprint density at radius 1 is 1.33 bits per heavy atom. The SMILES string of the molecule is Cc1ccc(C)c(-n2cc(C=O)nn2)c1. The lowest BCUT2D eigenvalue weighted by Crippen LogP contribution is -1.98. The van der Waals surface area contributed by atoms with Crippen LogP contribution in [0.15, 0.2) is 24.4 Å². The molecule has 4 heteroatoms. The fourth-order valence-corrected chi connectivity index (χ4v) is 1.41. The molecule has 0 amide bonds. The third-order valence-corrected chi connectivity index (χ3v) is 2.24. The molecular formula is C11H11N3O. The molecule has 0 saturated heterocycles. The van der Waals surface area contributed by atoms with E-state index in [1.165, 1.54) is 0 Å². The van der Waals surface area contributed by atoms with Crippen molar-refractivity contribution in [2.75, 3.05) is 0 Å². The summed E-state index contributed by atoms with van der Waals surface area (Å²) in [6, 6.07) is 6.07. The summed E-state index contributed by atoms with van der Waals surface area (Å²) in [6.45, 7) is 4.01. The van der Waals surface area contributed by atoms with Gasteiger partial charge in [-0.2, -0.15) is 0 Å². The maximum Gasteiger partial charge on any atom is 0.171 e. The van der Waals surface area contributed by atoms with Gasteiger partial charge in [0.1, 0.15) is 5.69 Å². The Balaban J connectivity index is 2.52. The van der Waals surface area contributed by atoms with E-state index < -0.39 is 0 Å². The van der Waals surface area contributed by atoms with Gasteiger partial charge in [0.05, 0.1) is 11.9 Å². The largest absolute Gasteiger partial charge is 0.296 e. The van der Waals surface area contributed by atoms with Gasteiger partial charge < -0.3 is 0 Å². The van der Waals surface area contributed by atoms with Crippen molar-refractivity contribution in [3.05, 3.63) is 41.2 Å². The van der Waals surface area contributed by atoms with Gasteiger partial charge in [-0.15, -0.1) is 5.10 Å². The minimum Gasteiger partial charge on any atom is -0.296 e. The van der Waals surface area contributed by atoms with Crippen LogP contribution in [-0.2, 0) is 0 Å². The first-order valence-corrected chi connectivity index (χ1v) is 4.66. The summed E-state index contributed by atoms with van der Waals surface area (Å²) >= 11 is 0. The summed E-state index contributed by atoms with van der Waals surface area (Å²) in [4.78, 5) is 10.5. The molecule has 4 nitrogen and oxygen atoms in total. The molecule has 0 saturated carbocycles. The lowest BCUT2D eigenvalue weighted by atomic mass is 10.1. The van der Waals surface area contributed by atoms with Crippen LogP contribution in [0.5, 0.6) is 0 Å². The van der Waals surface area contributed by atoms with Crippen molar-refractivity contribution in [1.82, 2.24) is 15.0 Å². The lowest BCUT2D eigenvalue weighted by molar-refractivity contribution is 0.111. The Kier molecular flexibility index (Phi) is 2.33. The molecule has 0 N–H and O–H groups in total. The molecule has 15 heavy (non-hydrogen) atoms. The molecular weight excluding hydrogens is 190 g/mol. The molecule has 1 heterocycles. The van der Waals surface area contributed by atoms with E-state index in [1.807, 2.05) is 32.0 Å². The molecule has 0 radical (unpaired) electrons. The summed E-state index contributed by atoms with van der Waals surface area (Å²) in [5, 5.41) is 7.62. The van der Waals surface area contributed by atoms with E-state index in [-0.39, 0.29) is 0 Å². The van der Waals surface area contributed by atoms with Crippen LogP contribution < -0.4 is 0 Å². The maximum atomic E-state index is 10.5. The van der Waals surface area contributed by atoms with E-state index in [0.717, 1.165) is 16.8 Å². The number of aldehydes is 1. The quantitative estimate of drug-likeness (QED) is 0.695. The molecule has 76 valence electrons. The number of benzene rings is 1. The fourth-order valence-electron chi connectivity index (χ4n) is 1.41. The van der Waals surface area contributed by atoms with Crippen LogP contribution in [0.2, 0.25) is 0 Å². The van der Waals surface area contributed by atoms with E-state index in [4.69, 9.17) is 0 Å². The minimum absolute atomic E-state index is 0.343. The molecule has 2 aromatic rings. The van der Waals surface area contributed by atoms with Gasteiger partial charge in [-0.1, -0.05) is 17.3 Å². The van der Waals surface area contributed by atoms with Gasteiger partial charge in [-0.25, -0.2) is 4.68 Å². The number of carbonyl (C=O) groups excluding carboxylic acids is 1. The molecule has 0 bridgehead atoms. The van der Waals surface area contributed by atoms with E-state index >= 15 is 0 Å². The van der Waals surface area contributed by atoms with Crippen molar-refractivity contribution in [2.45, 2.75) is 13.8 Å². The lowest BCUT2D eigenvalue weighted by Gasteiger charge is -2.05. The molecule has 0 spiro atoms. The molecule has 1 aromatic heterocycles. The van der Waals surface area contributed by atoms with Gasteiger partial charge in [0.25, 0.3) is 0 Å². The van der Waals surface area contributed by atoms with Gasteiger partial charge in [0.2, 0.25) is 0 Å². The molecule has 0 aliphatic heterocycles. The second-order valence-corrected chi connectivity index (χ2v) is 3.50. The molecule has 0 atom stereocenters. The highest BCUT2D eigenvalue weighted by Crippen LogP contribution is 2.14. The van der Waals surface area contributed by atoms with Crippen LogP contribution in [0.25, 0.3) is 5.69 Å². The highest BCUT2D eigenvalue weighted by atomic mass is 16.1. The molecule has 0 aliphatic rings. The van der Waals surface area contributed by atoms with Gasteiger partial charge in [-0.3, -0.25) is 4.79 Å². The summed E-state index contributed by atoms with van der Waals surface area (Å²) < 4.78 is 1.62. The second-order valence-electron chi connectivity index (χ2n) is 3.50. The van der Waals surface area contributed by atoms with Crippen molar-refractivity contribution in [1.29, 1.82) is 0 Å². The fraction of sp³-hybridized carbons (Fsp3) is 0.182. The van der Waals surface area contributed by atoms with Crippen LogP contribution in [-0.4, -0.2) is 21.3 Å². The Bertz CT molecular complexity index is 502. The Morgan fingerprint density at radius 3 is 2.80 bits per heavy atom. The third kappa shape index (κ3) is 1.79. The zero-order valence-corrected chi connectivity index (χ0v) is 8.64. The Morgan fingerprint density at radius 2 is 2.13 bits per heavy atom. The standard InChI is InChI=1S/C11H11N3O/c1-8-3-4-9(2)11(5-8)14-6-10(7-15)12-13-14/h3-7H,1-2H3. The third-order valence-electron chi connectivity index (χ3n) is 2.24. The van der Waals surface area contributed by atoms with E-state index in [2.05, 4.69) is 10.3 Å². The molecule has 2 rings (SSSR count). The average Bonchev–Trinajstić information content (AvgIpc) is 2.70. The first kappa shape index (κ1) is 9.58. The summed E-state index contributed by atoms with van der Waals surface area (Å²) in [5.74, 6) is 0. The van der Waals surface area contributed by atoms with Crippen molar-refractivity contribution in [3.63, 3.8) is 0 Å². The number of rotatable bonds is 2. The number of hydrogen-bond acceptors (Lipinski definition) is 3. The summed E-state index contributed by atoms with van der Waals surface area (Å²) in [5.41, 5.74) is 3.55. The number of aromatic nitrogens is 3. The predicted octanol–water partition coefficient (Wildman–Crippen LogP) is 1.70. The molecule has 0 unspecified atom stereocenters. The number of nitrogens with zero attached hydrogens (tertiary/aromatic N) is 3. The summed E-state index contributed by atoms with van der Waals surface area (Å²) in [7, 11) is 0. The number of hydrogen-bond donors (Lipinski definition) is 0. The number of aryl methyl sites for hydroxylation is 2. The Labute approximate surface area is 87.5 Å². The first-order valence-electron chi connectivity index (χ1n) is 4.66. The highest BCUT2D eigenvalue weighted by molar-refractivity contribution is 5.70. The van der Waals surface area contributed by atoms with Crippen molar-refractivity contribution in [3.8, 4) is 5.69 Å². The predicted molar refractivity (Wildman–Crippen MR) is 56.2 cm³/mol. The number of carbonyl (C=O) groups is 1. The van der Waals surface area contributed by atoms with Gasteiger partial charge >= 0.3 is 0 Å². The van der Waals surface area contributed by atoms with Crippen molar-refractivity contribution in [2.24, 2.45) is 0 Å². The van der Waals surface area contributed by atoms with Gasteiger partial charge in [0, 0.05) is 0 Å². The minimum atomic E-state index is 0.343. The smallest absolute Gasteiger partial charge is 0.171 e. The van der Waals surface area contributed by atoms with Crippen LogP contribution >= 0.6 is 0 Å². The van der Waals surface area contributed by atoms with Gasteiger partial charge in [0.15, 0.2) is 6.29 Å². The summed E-state index contributed by atoms with van der Waals surface area (Å²) in [6.07, 6.45) is 2.31. The van der Waals surface area contributed by atoms with Gasteiger partial charge in [-0.05, 0) is 31.0 Å². The van der Waals surface area contributed by atoms with Crippen molar-refractivity contribution >= 4 is 6.29 Å². The zero-order valence-electron chi connectivity index (χ0n) is 8.64. The van der Waals surface area contributed by atoms with Crippen molar-refractivity contribution < 1.29 is 4.79 Å². The average molecular weight is 201 g/mol. The molecule has 0 fully saturated rings.